The standard InChI is InChI=1S/C17H26N2O2S2/c20-23(21)9-5-16(11-18-6-2-1-3-7-18)17(23)13-19(14-17)10-15-4-8-22-12-15/h4,8,12,16H,1-3,5-7,9-11,13-14H2. The smallest absolute Gasteiger partial charge is 0.158 e. The van der Waals surface area contributed by atoms with Gasteiger partial charge < -0.3 is 4.90 Å². The van der Waals surface area contributed by atoms with Gasteiger partial charge in [-0.25, -0.2) is 8.42 Å². The van der Waals surface area contributed by atoms with Crippen LogP contribution in [0.25, 0.3) is 0 Å². The first-order valence-electron chi connectivity index (χ1n) is 8.77. The van der Waals surface area contributed by atoms with Gasteiger partial charge in [-0.2, -0.15) is 11.3 Å². The van der Waals surface area contributed by atoms with Crippen molar-refractivity contribution in [3.05, 3.63) is 22.4 Å². The van der Waals surface area contributed by atoms with Crippen LogP contribution in [0.4, 0.5) is 0 Å². The van der Waals surface area contributed by atoms with Crippen LogP contribution in [0.5, 0.6) is 0 Å². The van der Waals surface area contributed by atoms with Crippen molar-refractivity contribution in [1.82, 2.24) is 9.80 Å². The molecule has 1 aromatic rings. The largest absolute Gasteiger partial charge is 0.303 e. The van der Waals surface area contributed by atoms with E-state index >= 15 is 0 Å². The molecule has 23 heavy (non-hydrogen) atoms. The van der Waals surface area contributed by atoms with Crippen molar-refractivity contribution < 1.29 is 8.42 Å². The number of hydrogen-bond acceptors (Lipinski definition) is 5. The highest BCUT2D eigenvalue weighted by molar-refractivity contribution is 7.93. The quantitative estimate of drug-likeness (QED) is 0.831. The molecular formula is C17H26N2O2S2. The normalized spacial score (nSPS) is 30.5. The second-order valence-electron chi connectivity index (χ2n) is 7.51. The fourth-order valence-electron chi connectivity index (χ4n) is 4.65. The summed E-state index contributed by atoms with van der Waals surface area (Å²) in [4.78, 5) is 4.83. The van der Waals surface area contributed by atoms with Crippen LogP contribution in [0.15, 0.2) is 16.8 Å². The van der Waals surface area contributed by atoms with E-state index in [-0.39, 0.29) is 0 Å². The molecule has 3 fully saturated rings. The average Bonchev–Trinajstić information content (AvgIpc) is 3.09. The second-order valence-corrected chi connectivity index (χ2v) is 10.7. The molecule has 4 rings (SSSR count). The predicted molar refractivity (Wildman–Crippen MR) is 94.5 cm³/mol. The monoisotopic (exact) mass is 354 g/mol. The summed E-state index contributed by atoms with van der Waals surface area (Å²) in [6.07, 6.45) is 4.75. The number of sulfone groups is 1. The van der Waals surface area contributed by atoms with Gasteiger partial charge in [0.25, 0.3) is 0 Å². The predicted octanol–water partition coefficient (Wildman–Crippen LogP) is 2.22. The third-order valence-electron chi connectivity index (χ3n) is 5.99. The molecular weight excluding hydrogens is 328 g/mol. The lowest BCUT2D eigenvalue weighted by molar-refractivity contribution is 0.0587. The minimum absolute atomic E-state index is 0.337. The third-order valence-corrected chi connectivity index (χ3v) is 9.33. The van der Waals surface area contributed by atoms with Crippen LogP contribution in [0.3, 0.4) is 0 Å². The molecule has 3 aliphatic heterocycles. The lowest BCUT2D eigenvalue weighted by Gasteiger charge is -2.51. The lowest BCUT2D eigenvalue weighted by atomic mass is 9.82. The van der Waals surface area contributed by atoms with Crippen LogP contribution in [-0.2, 0) is 16.4 Å². The first kappa shape index (κ1) is 16.1. The second kappa shape index (κ2) is 6.14. The van der Waals surface area contributed by atoms with Gasteiger partial charge in [-0.15, -0.1) is 0 Å². The number of likely N-dealkylation sites (tertiary alicyclic amines) is 2. The first-order valence-corrected chi connectivity index (χ1v) is 11.4. The molecule has 1 aromatic heterocycles. The molecule has 0 N–H and O–H groups in total. The Morgan fingerprint density at radius 3 is 2.65 bits per heavy atom. The van der Waals surface area contributed by atoms with Crippen molar-refractivity contribution in [1.29, 1.82) is 0 Å². The number of rotatable bonds is 4. The molecule has 0 radical (unpaired) electrons. The summed E-state index contributed by atoms with van der Waals surface area (Å²) >= 11 is 1.71. The molecule has 1 unspecified atom stereocenters. The van der Waals surface area contributed by atoms with Gasteiger partial charge in [0.2, 0.25) is 0 Å². The molecule has 0 aliphatic carbocycles. The van der Waals surface area contributed by atoms with Crippen LogP contribution in [0, 0.1) is 5.92 Å². The summed E-state index contributed by atoms with van der Waals surface area (Å²) in [5, 5.41) is 4.26. The maximum Gasteiger partial charge on any atom is 0.158 e. The van der Waals surface area contributed by atoms with Crippen molar-refractivity contribution in [3.8, 4) is 0 Å². The van der Waals surface area contributed by atoms with Gasteiger partial charge in [-0.05, 0) is 60.7 Å². The Hall–Kier alpha value is -0.430. The zero-order valence-corrected chi connectivity index (χ0v) is 15.2. The molecule has 0 amide bonds. The Morgan fingerprint density at radius 1 is 1.17 bits per heavy atom. The number of piperidine rings is 1. The molecule has 1 spiro atoms. The topological polar surface area (TPSA) is 40.6 Å². The van der Waals surface area contributed by atoms with Crippen molar-refractivity contribution in [2.45, 2.75) is 37.0 Å². The van der Waals surface area contributed by atoms with Crippen LogP contribution < -0.4 is 0 Å². The van der Waals surface area contributed by atoms with E-state index in [1.54, 1.807) is 11.3 Å². The highest BCUT2D eigenvalue weighted by atomic mass is 32.2. The minimum atomic E-state index is -2.93. The van der Waals surface area contributed by atoms with E-state index in [0.29, 0.717) is 11.7 Å². The highest BCUT2D eigenvalue weighted by Gasteiger charge is 2.61. The lowest BCUT2D eigenvalue weighted by Crippen LogP contribution is -2.67. The van der Waals surface area contributed by atoms with E-state index in [4.69, 9.17) is 0 Å². The highest BCUT2D eigenvalue weighted by Crippen LogP contribution is 2.45. The van der Waals surface area contributed by atoms with Crippen molar-refractivity contribution >= 4 is 21.2 Å². The molecule has 0 aromatic carbocycles. The van der Waals surface area contributed by atoms with E-state index in [0.717, 1.165) is 45.7 Å². The van der Waals surface area contributed by atoms with E-state index in [1.165, 1.54) is 24.8 Å². The van der Waals surface area contributed by atoms with Crippen LogP contribution in [0.2, 0.25) is 0 Å². The molecule has 4 nitrogen and oxygen atoms in total. The molecule has 0 saturated carbocycles. The van der Waals surface area contributed by atoms with Crippen LogP contribution >= 0.6 is 11.3 Å². The van der Waals surface area contributed by atoms with Crippen LogP contribution in [0.1, 0.15) is 31.2 Å². The van der Waals surface area contributed by atoms with Gasteiger partial charge in [0.05, 0.1) is 5.75 Å². The third kappa shape index (κ3) is 2.88. The Bertz CT molecular complexity index is 630. The Kier molecular flexibility index (Phi) is 4.28. The zero-order valence-electron chi connectivity index (χ0n) is 13.6. The summed E-state index contributed by atoms with van der Waals surface area (Å²) in [5.41, 5.74) is 1.31. The Morgan fingerprint density at radius 2 is 1.96 bits per heavy atom. The number of hydrogen-bond donors (Lipinski definition) is 0. The van der Waals surface area contributed by atoms with E-state index in [1.807, 2.05) is 0 Å². The van der Waals surface area contributed by atoms with E-state index < -0.39 is 14.6 Å². The first-order chi connectivity index (χ1) is 11.1. The van der Waals surface area contributed by atoms with Crippen molar-refractivity contribution in [2.24, 2.45) is 5.92 Å². The van der Waals surface area contributed by atoms with Gasteiger partial charge in [-0.3, -0.25) is 4.90 Å². The Balaban J connectivity index is 1.44. The van der Waals surface area contributed by atoms with Gasteiger partial charge in [0.1, 0.15) is 4.75 Å². The zero-order chi connectivity index (χ0) is 15.9. The van der Waals surface area contributed by atoms with Gasteiger partial charge in [0, 0.05) is 26.2 Å². The maximum atomic E-state index is 12.7. The number of nitrogens with zero attached hydrogens (tertiary/aromatic N) is 2. The molecule has 3 aliphatic rings. The molecule has 128 valence electrons. The van der Waals surface area contributed by atoms with E-state index in [9.17, 15) is 8.42 Å². The SMILES string of the molecule is O=S1(=O)CCC(CN2CCCCC2)C12CN(Cc1ccsc1)C2. The molecule has 6 heteroatoms. The van der Waals surface area contributed by atoms with Crippen molar-refractivity contribution in [3.63, 3.8) is 0 Å². The summed E-state index contributed by atoms with van der Waals surface area (Å²) in [5.74, 6) is 0.738. The Labute approximate surface area is 143 Å². The number of thiophene rings is 1. The fraction of sp³-hybridized carbons (Fsp3) is 0.765. The van der Waals surface area contributed by atoms with Crippen LogP contribution in [-0.4, -0.2) is 61.4 Å². The molecule has 0 bridgehead atoms. The minimum Gasteiger partial charge on any atom is -0.303 e. The molecule has 3 saturated heterocycles. The summed E-state index contributed by atoms with van der Waals surface area (Å²) in [6, 6.07) is 2.14. The molecule has 1 atom stereocenters. The summed E-state index contributed by atoms with van der Waals surface area (Å²) in [6.45, 7) is 5.69. The summed E-state index contributed by atoms with van der Waals surface area (Å²) in [7, 11) is -2.93. The van der Waals surface area contributed by atoms with Gasteiger partial charge in [0.15, 0.2) is 9.84 Å². The maximum absolute atomic E-state index is 12.7. The van der Waals surface area contributed by atoms with Gasteiger partial charge >= 0.3 is 0 Å². The fourth-order valence-corrected chi connectivity index (χ4v) is 7.77. The summed E-state index contributed by atoms with van der Waals surface area (Å²) < 4.78 is 25.0. The van der Waals surface area contributed by atoms with Crippen molar-refractivity contribution in [2.75, 3.05) is 38.5 Å². The molecule has 4 heterocycles. The average molecular weight is 355 g/mol. The van der Waals surface area contributed by atoms with E-state index in [2.05, 4.69) is 26.6 Å². The van der Waals surface area contributed by atoms with Gasteiger partial charge in [-0.1, -0.05) is 6.42 Å².